The van der Waals surface area contributed by atoms with Gasteiger partial charge in [0.1, 0.15) is 0 Å². The average Bonchev–Trinajstić information content (AvgIpc) is 2.45. The Bertz CT molecular complexity index is 278. The summed E-state index contributed by atoms with van der Waals surface area (Å²) in [7, 11) is 0. The van der Waals surface area contributed by atoms with E-state index in [-0.39, 0.29) is 6.61 Å². The Kier molecular flexibility index (Phi) is 5.24. The lowest BCUT2D eigenvalue weighted by molar-refractivity contribution is 0.103. The van der Waals surface area contributed by atoms with Crippen LogP contribution < -0.4 is 5.73 Å². The Hall–Kier alpha value is -0.300. The smallest absolute Gasteiger partial charge is 0.181 e. The van der Waals surface area contributed by atoms with Crippen LogP contribution in [0, 0.1) is 6.92 Å². The molecule has 1 rings (SSSR count). The minimum Gasteiger partial charge on any atom is -0.394 e. The molecule has 0 saturated carbocycles. The topological polar surface area (TPSA) is 68.4 Å². The number of nitrogens with zero attached hydrogens (tertiary/aromatic N) is 1. The van der Waals surface area contributed by atoms with E-state index in [0.717, 1.165) is 15.7 Å². The van der Waals surface area contributed by atoms with Gasteiger partial charge in [-0.15, -0.1) is 11.8 Å². The number of hydrogen-bond acceptors (Lipinski definition) is 6. The molecule has 6 heteroatoms. The fraction of sp³-hybridized carbons (Fsp3) is 0.625. The van der Waals surface area contributed by atoms with Crippen LogP contribution in [0.2, 0.25) is 0 Å². The lowest BCUT2D eigenvalue weighted by Gasteiger charge is -2.00. The number of aliphatic hydroxyl groups is 1. The van der Waals surface area contributed by atoms with Crippen molar-refractivity contribution >= 4 is 28.2 Å². The first-order chi connectivity index (χ1) is 6.74. The number of nitrogens with two attached hydrogens (primary N) is 1. The van der Waals surface area contributed by atoms with Crippen molar-refractivity contribution in [2.75, 3.05) is 31.3 Å². The first-order valence-corrected chi connectivity index (χ1v) is 6.08. The number of aliphatic hydroxyl groups excluding tert-OH is 1. The molecule has 0 aliphatic rings. The third-order valence-corrected chi connectivity index (χ3v) is 3.78. The molecule has 0 bridgehead atoms. The zero-order valence-electron chi connectivity index (χ0n) is 8.02. The van der Waals surface area contributed by atoms with Gasteiger partial charge in [-0.05, 0) is 6.92 Å². The number of anilines is 1. The minimum atomic E-state index is 0.0806. The SMILES string of the molecule is Cc1nc(N)sc1SCCOCCO. The quantitative estimate of drug-likeness (QED) is 0.570. The second-order valence-corrected chi connectivity index (χ2v) is 5.00. The molecular weight excluding hydrogens is 220 g/mol. The first kappa shape index (κ1) is 11.8. The van der Waals surface area contributed by atoms with Gasteiger partial charge in [-0.1, -0.05) is 11.3 Å². The first-order valence-electron chi connectivity index (χ1n) is 4.28. The lowest BCUT2D eigenvalue weighted by Crippen LogP contribution is -2.02. The molecule has 0 saturated heterocycles. The Morgan fingerprint density at radius 3 is 2.93 bits per heavy atom. The van der Waals surface area contributed by atoms with Crippen molar-refractivity contribution in [2.24, 2.45) is 0 Å². The third kappa shape index (κ3) is 3.83. The van der Waals surface area contributed by atoms with Crippen LogP contribution >= 0.6 is 23.1 Å². The molecule has 0 spiro atoms. The predicted octanol–water partition coefficient (Wildman–Crippen LogP) is 1.13. The van der Waals surface area contributed by atoms with Crippen molar-refractivity contribution in [3.63, 3.8) is 0 Å². The summed E-state index contributed by atoms with van der Waals surface area (Å²) in [6.07, 6.45) is 0. The van der Waals surface area contributed by atoms with Gasteiger partial charge in [0.05, 0.1) is 29.7 Å². The van der Waals surface area contributed by atoms with Crippen LogP contribution in [0.5, 0.6) is 0 Å². The van der Waals surface area contributed by atoms with Gasteiger partial charge in [-0.2, -0.15) is 0 Å². The Morgan fingerprint density at radius 1 is 1.57 bits per heavy atom. The molecule has 0 unspecified atom stereocenters. The number of hydrogen-bond donors (Lipinski definition) is 2. The molecule has 4 nitrogen and oxygen atoms in total. The number of aromatic nitrogens is 1. The van der Waals surface area contributed by atoms with E-state index in [2.05, 4.69) is 4.98 Å². The van der Waals surface area contributed by atoms with Gasteiger partial charge in [0.15, 0.2) is 5.13 Å². The molecule has 14 heavy (non-hydrogen) atoms. The summed E-state index contributed by atoms with van der Waals surface area (Å²) < 4.78 is 6.28. The van der Waals surface area contributed by atoms with Crippen molar-refractivity contribution in [3.8, 4) is 0 Å². The molecule has 1 aromatic heterocycles. The Morgan fingerprint density at radius 2 is 2.36 bits per heavy atom. The van der Waals surface area contributed by atoms with E-state index in [0.29, 0.717) is 18.3 Å². The molecule has 0 aromatic carbocycles. The Balaban J connectivity index is 2.21. The largest absolute Gasteiger partial charge is 0.394 e. The second-order valence-electron chi connectivity index (χ2n) is 2.61. The maximum Gasteiger partial charge on any atom is 0.181 e. The predicted molar refractivity (Wildman–Crippen MR) is 59.9 cm³/mol. The molecule has 80 valence electrons. The number of nitrogen functional groups attached to an aromatic ring is 1. The molecule has 0 atom stereocenters. The summed E-state index contributed by atoms with van der Waals surface area (Å²) in [4.78, 5) is 4.12. The molecule has 0 radical (unpaired) electrons. The molecular formula is C8H14N2O2S2. The fourth-order valence-electron chi connectivity index (χ4n) is 0.896. The minimum absolute atomic E-state index is 0.0806. The molecule has 1 heterocycles. The summed E-state index contributed by atoms with van der Waals surface area (Å²) in [5.74, 6) is 0.864. The molecule has 0 aliphatic heterocycles. The molecule has 1 aromatic rings. The van der Waals surface area contributed by atoms with Gasteiger partial charge in [0, 0.05) is 5.75 Å². The second kappa shape index (κ2) is 6.23. The van der Waals surface area contributed by atoms with Gasteiger partial charge in [0.2, 0.25) is 0 Å². The van der Waals surface area contributed by atoms with Crippen LogP contribution in [0.1, 0.15) is 5.69 Å². The van der Waals surface area contributed by atoms with Crippen molar-refractivity contribution in [3.05, 3.63) is 5.69 Å². The van der Waals surface area contributed by atoms with Crippen LogP contribution in [0.4, 0.5) is 5.13 Å². The van der Waals surface area contributed by atoms with Crippen molar-refractivity contribution in [1.29, 1.82) is 0 Å². The Labute approximate surface area is 91.5 Å². The van der Waals surface area contributed by atoms with E-state index < -0.39 is 0 Å². The van der Waals surface area contributed by atoms with Gasteiger partial charge < -0.3 is 15.6 Å². The highest BCUT2D eigenvalue weighted by Crippen LogP contribution is 2.30. The zero-order chi connectivity index (χ0) is 10.4. The maximum absolute atomic E-state index is 8.47. The van der Waals surface area contributed by atoms with E-state index in [1.807, 2.05) is 6.92 Å². The van der Waals surface area contributed by atoms with Crippen molar-refractivity contribution in [1.82, 2.24) is 4.98 Å². The fourth-order valence-corrected chi connectivity index (χ4v) is 2.85. The number of ether oxygens (including phenoxy) is 1. The molecule has 0 amide bonds. The van der Waals surface area contributed by atoms with E-state index >= 15 is 0 Å². The summed E-state index contributed by atoms with van der Waals surface area (Å²) in [5.41, 5.74) is 6.55. The van der Waals surface area contributed by atoms with Gasteiger partial charge in [-0.3, -0.25) is 0 Å². The maximum atomic E-state index is 8.47. The monoisotopic (exact) mass is 234 g/mol. The van der Waals surface area contributed by atoms with Gasteiger partial charge >= 0.3 is 0 Å². The molecule has 0 fully saturated rings. The van der Waals surface area contributed by atoms with Crippen LogP contribution in [-0.2, 0) is 4.74 Å². The lowest BCUT2D eigenvalue weighted by atomic mass is 10.6. The van der Waals surface area contributed by atoms with Crippen molar-refractivity contribution in [2.45, 2.75) is 11.1 Å². The summed E-state index contributed by atoms with van der Waals surface area (Å²) in [6, 6.07) is 0. The number of thioether (sulfide) groups is 1. The van der Waals surface area contributed by atoms with E-state index in [1.54, 1.807) is 11.8 Å². The van der Waals surface area contributed by atoms with Crippen LogP contribution in [0.25, 0.3) is 0 Å². The van der Waals surface area contributed by atoms with Gasteiger partial charge in [-0.25, -0.2) is 4.98 Å². The van der Waals surface area contributed by atoms with Gasteiger partial charge in [0.25, 0.3) is 0 Å². The van der Waals surface area contributed by atoms with E-state index in [1.165, 1.54) is 11.3 Å². The average molecular weight is 234 g/mol. The van der Waals surface area contributed by atoms with Crippen LogP contribution in [-0.4, -0.2) is 35.7 Å². The van der Waals surface area contributed by atoms with Crippen LogP contribution in [0.3, 0.4) is 0 Å². The molecule has 3 N–H and O–H groups in total. The summed E-state index contributed by atoms with van der Waals surface area (Å²) in [5, 5.41) is 9.09. The summed E-state index contributed by atoms with van der Waals surface area (Å²) >= 11 is 3.19. The van der Waals surface area contributed by atoms with Crippen molar-refractivity contribution < 1.29 is 9.84 Å². The van der Waals surface area contributed by atoms with Crippen LogP contribution in [0.15, 0.2) is 4.21 Å². The number of aryl methyl sites for hydroxylation is 1. The highest BCUT2D eigenvalue weighted by Gasteiger charge is 2.04. The normalized spacial score (nSPS) is 10.7. The van der Waals surface area contributed by atoms with E-state index in [4.69, 9.17) is 15.6 Å². The number of rotatable bonds is 6. The highest BCUT2D eigenvalue weighted by molar-refractivity contribution is 8.01. The zero-order valence-corrected chi connectivity index (χ0v) is 9.66. The van der Waals surface area contributed by atoms with E-state index in [9.17, 15) is 0 Å². The third-order valence-electron chi connectivity index (χ3n) is 1.47. The summed E-state index contributed by atoms with van der Waals surface area (Å²) in [6.45, 7) is 3.08. The molecule has 0 aliphatic carbocycles. The standard InChI is InChI=1S/C8H14N2O2S2/c1-6-7(14-8(9)10-6)13-5-4-12-3-2-11/h11H,2-5H2,1H3,(H2,9,10). The highest BCUT2D eigenvalue weighted by atomic mass is 32.2. The number of thiazole rings is 1.